The molecule has 3 aromatic rings. The van der Waals surface area contributed by atoms with E-state index in [1.807, 2.05) is 29.9 Å². The van der Waals surface area contributed by atoms with Crippen LogP contribution in [-0.4, -0.2) is 22.8 Å². The van der Waals surface area contributed by atoms with E-state index >= 15 is 0 Å². The third kappa shape index (κ3) is 3.74. The largest absolute Gasteiger partial charge is 0.338 e. The Kier molecular flexibility index (Phi) is 5.11. The molecule has 0 aliphatic carbocycles. The maximum Gasteiger partial charge on any atom is 0.228 e. The van der Waals surface area contributed by atoms with E-state index in [4.69, 9.17) is 0 Å². The van der Waals surface area contributed by atoms with Gasteiger partial charge in [-0.2, -0.15) is 0 Å². The number of nitrogens with zero attached hydrogens (tertiary/aromatic N) is 2. The summed E-state index contributed by atoms with van der Waals surface area (Å²) in [5.41, 5.74) is 3.16. The summed E-state index contributed by atoms with van der Waals surface area (Å²) in [4.78, 5) is 20.2. The van der Waals surface area contributed by atoms with Gasteiger partial charge in [-0.3, -0.25) is 4.79 Å². The average molecular weight is 357 g/mol. The zero-order valence-electron chi connectivity index (χ0n) is 14.0. The number of benzene rings is 1. The van der Waals surface area contributed by atoms with Crippen molar-refractivity contribution in [3.05, 3.63) is 63.3 Å². The molecule has 2 aromatic heterocycles. The molecule has 0 aliphatic heterocycles. The van der Waals surface area contributed by atoms with Crippen molar-refractivity contribution in [2.45, 2.75) is 26.3 Å². The van der Waals surface area contributed by atoms with Crippen molar-refractivity contribution in [1.29, 1.82) is 0 Å². The lowest BCUT2D eigenvalue weighted by Crippen LogP contribution is -2.30. The van der Waals surface area contributed by atoms with Crippen LogP contribution in [0.25, 0.3) is 10.6 Å². The number of aryl methyl sites for hydroxylation is 1. The van der Waals surface area contributed by atoms with Crippen molar-refractivity contribution >= 4 is 28.6 Å². The number of carbonyl (C=O) groups is 1. The summed E-state index contributed by atoms with van der Waals surface area (Å²) in [5, 5.41) is 4.99. The zero-order chi connectivity index (χ0) is 17.1. The van der Waals surface area contributed by atoms with Crippen LogP contribution in [0.1, 0.15) is 29.1 Å². The highest BCUT2D eigenvalue weighted by atomic mass is 32.1. The minimum Gasteiger partial charge on any atom is -0.338 e. The second-order valence-corrected chi connectivity index (χ2v) is 7.72. The fourth-order valence-electron chi connectivity index (χ4n) is 2.51. The van der Waals surface area contributed by atoms with Crippen molar-refractivity contribution in [1.82, 2.24) is 9.88 Å². The van der Waals surface area contributed by atoms with Gasteiger partial charge < -0.3 is 4.90 Å². The Hall–Kier alpha value is -1.98. The highest BCUT2D eigenvalue weighted by molar-refractivity contribution is 7.13. The standard InChI is InChI=1S/C19H20N2OS2/c1-13-6-4-7-15(10-13)19-20-16(12-24-19)11-18(22)21(3)14(2)17-8-5-9-23-17/h4-10,12,14H,11H2,1-3H3. The molecule has 0 fully saturated rings. The minimum absolute atomic E-state index is 0.0902. The van der Waals surface area contributed by atoms with Crippen molar-refractivity contribution in [2.24, 2.45) is 0 Å². The van der Waals surface area contributed by atoms with E-state index in [9.17, 15) is 4.79 Å². The Morgan fingerprint density at radius 1 is 1.25 bits per heavy atom. The summed E-state index contributed by atoms with van der Waals surface area (Å²) >= 11 is 3.27. The van der Waals surface area contributed by atoms with Crippen LogP contribution in [0, 0.1) is 6.92 Å². The van der Waals surface area contributed by atoms with Gasteiger partial charge in [0, 0.05) is 22.9 Å². The van der Waals surface area contributed by atoms with E-state index < -0.39 is 0 Å². The Labute approximate surface area is 150 Å². The quantitative estimate of drug-likeness (QED) is 0.648. The molecular formula is C19H20N2OS2. The topological polar surface area (TPSA) is 33.2 Å². The lowest BCUT2D eigenvalue weighted by atomic mass is 10.1. The van der Waals surface area contributed by atoms with Gasteiger partial charge in [0.15, 0.2) is 0 Å². The Morgan fingerprint density at radius 2 is 2.08 bits per heavy atom. The van der Waals surface area contributed by atoms with Gasteiger partial charge in [0.05, 0.1) is 18.2 Å². The molecule has 3 rings (SSSR count). The summed E-state index contributed by atoms with van der Waals surface area (Å²) in [6, 6.07) is 12.5. The molecule has 0 aliphatic rings. The molecule has 0 saturated carbocycles. The maximum absolute atomic E-state index is 12.5. The maximum atomic E-state index is 12.5. The van der Waals surface area contributed by atoms with Gasteiger partial charge in [-0.25, -0.2) is 4.98 Å². The molecule has 24 heavy (non-hydrogen) atoms. The Bertz CT molecular complexity index is 824. The number of hydrogen-bond acceptors (Lipinski definition) is 4. The Morgan fingerprint density at radius 3 is 2.79 bits per heavy atom. The molecule has 0 N–H and O–H groups in total. The average Bonchev–Trinajstić information content (AvgIpc) is 3.25. The van der Waals surface area contributed by atoms with Gasteiger partial charge in [-0.15, -0.1) is 22.7 Å². The van der Waals surface area contributed by atoms with Gasteiger partial charge in [0.2, 0.25) is 5.91 Å². The fraction of sp³-hybridized carbons (Fsp3) is 0.263. The van der Waals surface area contributed by atoms with Crippen molar-refractivity contribution in [3.8, 4) is 10.6 Å². The van der Waals surface area contributed by atoms with E-state index in [1.165, 1.54) is 10.4 Å². The normalized spacial score (nSPS) is 12.1. The van der Waals surface area contributed by atoms with Gasteiger partial charge >= 0.3 is 0 Å². The first-order valence-electron chi connectivity index (χ1n) is 7.85. The first kappa shape index (κ1) is 16.9. The summed E-state index contributed by atoms with van der Waals surface area (Å²) in [5.74, 6) is 0.0944. The van der Waals surface area contributed by atoms with Gasteiger partial charge in [-0.1, -0.05) is 29.8 Å². The first-order chi connectivity index (χ1) is 11.5. The lowest BCUT2D eigenvalue weighted by molar-refractivity contribution is -0.131. The molecule has 0 saturated heterocycles. The predicted molar refractivity (Wildman–Crippen MR) is 101 cm³/mol. The molecule has 0 radical (unpaired) electrons. The summed E-state index contributed by atoms with van der Waals surface area (Å²) < 4.78 is 0. The zero-order valence-corrected chi connectivity index (χ0v) is 15.7. The van der Waals surface area contributed by atoms with Gasteiger partial charge in [-0.05, 0) is 31.4 Å². The SMILES string of the molecule is Cc1cccc(-c2nc(CC(=O)N(C)C(C)c3cccs3)cs2)c1. The molecule has 2 heterocycles. The van der Waals surface area contributed by atoms with Gasteiger partial charge in [0.1, 0.15) is 5.01 Å². The van der Waals surface area contributed by atoms with Crippen molar-refractivity contribution < 1.29 is 4.79 Å². The molecule has 0 spiro atoms. The number of likely N-dealkylation sites (N-methyl/N-ethyl adjacent to an activating group) is 1. The number of hydrogen-bond donors (Lipinski definition) is 0. The molecular weight excluding hydrogens is 336 g/mol. The van der Waals surface area contributed by atoms with E-state index in [2.05, 4.69) is 43.1 Å². The molecule has 124 valence electrons. The number of amides is 1. The van der Waals surface area contributed by atoms with Crippen molar-refractivity contribution in [2.75, 3.05) is 7.05 Å². The van der Waals surface area contributed by atoms with Crippen LogP contribution in [-0.2, 0) is 11.2 Å². The molecule has 1 amide bonds. The highest BCUT2D eigenvalue weighted by Gasteiger charge is 2.19. The number of thiophene rings is 1. The van der Waals surface area contributed by atoms with Crippen LogP contribution in [0.4, 0.5) is 0 Å². The number of rotatable bonds is 5. The van der Waals surface area contributed by atoms with Gasteiger partial charge in [0.25, 0.3) is 0 Å². The van der Waals surface area contributed by atoms with E-state index in [0.717, 1.165) is 16.3 Å². The third-order valence-corrected chi connectivity index (χ3v) is 6.06. The number of thiazole rings is 1. The fourth-order valence-corrected chi connectivity index (χ4v) is 4.16. The van der Waals surface area contributed by atoms with Crippen LogP contribution in [0.5, 0.6) is 0 Å². The second-order valence-electron chi connectivity index (χ2n) is 5.89. The first-order valence-corrected chi connectivity index (χ1v) is 9.61. The van der Waals surface area contributed by atoms with Crippen LogP contribution >= 0.6 is 22.7 Å². The molecule has 1 atom stereocenters. The highest BCUT2D eigenvalue weighted by Crippen LogP contribution is 2.26. The van der Waals surface area contributed by atoms with Crippen LogP contribution in [0.3, 0.4) is 0 Å². The summed E-state index contributed by atoms with van der Waals surface area (Å²) in [7, 11) is 1.86. The predicted octanol–water partition coefficient (Wildman–Crippen LogP) is 4.94. The van der Waals surface area contributed by atoms with Crippen molar-refractivity contribution in [3.63, 3.8) is 0 Å². The Balaban J connectivity index is 1.69. The molecule has 5 heteroatoms. The minimum atomic E-state index is 0.0902. The number of aromatic nitrogens is 1. The lowest BCUT2D eigenvalue weighted by Gasteiger charge is -2.23. The summed E-state index contributed by atoms with van der Waals surface area (Å²) in [6.45, 7) is 4.13. The van der Waals surface area contributed by atoms with E-state index in [0.29, 0.717) is 6.42 Å². The molecule has 1 unspecified atom stereocenters. The molecule has 0 bridgehead atoms. The van der Waals surface area contributed by atoms with Crippen LogP contribution in [0.15, 0.2) is 47.2 Å². The third-order valence-electron chi connectivity index (χ3n) is 4.08. The smallest absolute Gasteiger partial charge is 0.228 e. The van der Waals surface area contributed by atoms with E-state index in [-0.39, 0.29) is 11.9 Å². The number of carbonyl (C=O) groups excluding carboxylic acids is 1. The second kappa shape index (κ2) is 7.28. The van der Waals surface area contributed by atoms with E-state index in [1.54, 1.807) is 27.6 Å². The summed E-state index contributed by atoms with van der Waals surface area (Å²) in [6.07, 6.45) is 0.342. The molecule has 1 aromatic carbocycles. The van der Waals surface area contributed by atoms with Crippen LogP contribution in [0.2, 0.25) is 0 Å². The molecule has 3 nitrogen and oxygen atoms in total. The monoisotopic (exact) mass is 356 g/mol. The van der Waals surface area contributed by atoms with Crippen LogP contribution < -0.4 is 0 Å².